The first-order valence-electron chi connectivity index (χ1n) is 5.95. The van der Waals surface area contributed by atoms with Crippen molar-refractivity contribution in [1.29, 1.82) is 0 Å². The fraction of sp³-hybridized carbons (Fsp3) is 0.250. The molecule has 8 heteroatoms. The van der Waals surface area contributed by atoms with Crippen molar-refractivity contribution in [1.82, 2.24) is 5.32 Å². The maximum Gasteiger partial charge on any atom is 0.252 e. The molecule has 0 spiro atoms. The Bertz CT molecular complexity index is 551. The van der Waals surface area contributed by atoms with Crippen molar-refractivity contribution in [2.75, 3.05) is 6.54 Å². The largest absolute Gasteiger partial charge is 0.370 e. The highest BCUT2D eigenvalue weighted by Gasteiger charge is 2.10. The lowest BCUT2D eigenvalue weighted by Gasteiger charge is -2.06. The Morgan fingerprint density at radius 1 is 1.35 bits per heavy atom. The van der Waals surface area contributed by atoms with E-state index >= 15 is 0 Å². The predicted octanol–water partition coefficient (Wildman–Crippen LogP) is 0.699. The van der Waals surface area contributed by atoms with Crippen molar-refractivity contribution in [3.05, 3.63) is 28.8 Å². The van der Waals surface area contributed by atoms with Gasteiger partial charge in [0.05, 0.1) is 16.3 Å². The van der Waals surface area contributed by atoms with E-state index in [0.717, 1.165) is 6.42 Å². The van der Waals surface area contributed by atoms with Gasteiger partial charge in [0.15, 0.2) is 5.96 Å². The van der Waals surface area contributed by atoms with E-state index in [2.05, 4.69) is 15.3 Å². The summed E-state index contributed by atoms with van der Waals surface area (Å²) in [4.78, 5) is 19.5. The number of aliphatic imine (C=N–C) groups is 2. The molecule has 0 fully saturated rings. The molecule has 0 saturated heterocycles. The second-order valence-corrected chi connectivity index (χ2v) is 4.33. The topological polar surface area (TPSA) is 132 Å². The Balaban J connectivity index is 3.02. The number of guanidine groups is 2. The van der Waals surface area contributed by atoms with E-state index in [1.54, 1.807) is 12.1 Å². The average Bonchev–Trinajstić information content (AvgIpc) is 2.37. The summed E-state index contributed by atoms with van der Waals surface area (Å²) in [6, 6.07) is 4.68. The highest BCUT2D eigenvalue weighted by atomic mass is 35.5. The van der Waals surface area contributed by atoms with Gasteiger partial charge in [-0.2, -0.15) is 4.99 Å². The first-order chi connectivity index (χ1) is 9.43. The smallest absolute Gasteiger partial charge is 0.252 e. The molecule has 0 radical (unpaired) electrons. The zero-order chi connectivity index (χ0) is 15.1. The van der Waals surface area contributed by atoms with E-state index in [9.17, 15) is 4.79 Å². The average molecular weight is 297 g/mol. The molecule has 1 amide bonds. The van der Waals surface area contributed by atoms with E-state index in [0.29, 0.717) is 22.8 Å². The van der Waals surface area contributed by atoms with E-state index < -0.39 is 0 Å². The minimum atomic E-state index is -0.269. The molecular weight excluding hydrogens is 280 g/mol. The molecule has 0 bridgehead atoms. The van der Waals surface area contributed by atoms with Gasteiger partial charge < -0.3 is 22.5 Å². The molecule has 0 heterocycles. The summed E-state index contributed by atoms with van der Waals surface area (Å²) >= 11 is 5.98. The minimum Gasteiger partial charge on any atom is -0.370 e. The fourth-order valence-electron chi connectivity index (χ4n) is 1.38. The summed E-state index contributed by atoms with van der Waals surface area (Å²) in [5.74, 6) is -0.567. The highest BCUT2D eigenvalue weighted by molar-refractivity contribution is 6.34. The third-order valence-corrected chi connectivity index (χ3v) is 2.55. The summed E-state index contributed by atoms with van der Waals surface area (Å²) in [5, 5.41) is 3.06. The second-order valence-electron chi connectivity index (χ2n) is 3.93. The molecule has 108 valence electrons. The van der Waals surface area contributed by atoms with Crippen LogP contribution in [-0.4, -0.2) is 24.4 Å². The number of carbonyl (C=O) groups is 1. The van der Waals surface area contributed by atoms with Crippen molar-refractivity contribution >= 4 is 35.1 Å². The molecule has 0 aromatic heterocycles. The third kappa shape index (κ3) is 4.77. The molecule has 1 aromatic carbocycles. The van der Waals surface area contributed by atoms with E-state index in [1.807, 2.05) is 6.92 Å². The number of halogens is 1. The van der Waals surface area contributed by atoms with Crippen LogP contribution in [0.3, 0.4) is 0 Å². The molecule has 1 rings (SSSR count). The number of carbonyl (C=O) groups excluding carboxylic acids is 1. The molecule has 7 nitrogen and oxygen atoms in total. The van der Waals surface area contributed by atoms with Crippen LogP contribution in [0.15, 0.2) is 28.2 Å². The molecule has 1 aromatic rings. The number of benzene rings is 1. The molecular formula is C12H17ClN6O. The van der Waals surface area contributed by atoms with Crippen LogP contribution in [0.1, 0.15) is 23.7 Å². The number of hydrogen-bond donors (Lipinski definition) is 4. The zero-order valence-corrected chi connectivity index (χ0v) is 11.8. The number of hydrogen-bond acceptors (Lipinski definition) is 2. The summed E-state index contributed by atoms with van der Waals surface area (Å²) < 4.78 is 0. The Labute approximate surface area is 121 Å². The Kier molecular flexibility index (Phi) is 5.79. The molecule has 0 aliphatic carbocycles. The lowest BCUT2D eigenvalue weighted by Crippen LogP contribution is -2.26. The van der Waals surface area contributed by atoms with Crippen LogP contribution >= 0.6 is 11.6 Å². The van der Waals surface area contributed by atoms with Crippen LogP contribution in [0, 0.1) is 0 Å². The number of nitrogens with one attached hydrogen (secondary N) is 1. The quantitative estimate of drug-likeness (QED) is 0.481. The van der Waals surface area contributed by atoms with Gasteiger partial charge in [0, 0.05) is 6.54 Å². The van der Waals surface area contributed by atoms with Crippen molar-refractivity contribution in [2.24, 2.45) is 27.2 Å². The molecule has 0 unspecified atom stereocenters. The van der Waals surface area contributed by atoms with E-state index in [-0.39, 0.29) is 17.8 Å². The van der Waals surface area contributed by atoms with E-state index in [1.165, 1.54) is 6.07 Å². The lowest BCUT2D eigenvalue weighted by atomic mass is 10.2. The van der Waals surface area contributed by atoms with Gasteiger partial charge >= 0.3 is 0 Å². The minimum absolute atomic E-state index is 0.104. The Morgan fingerprint density at radius 2 is 2.05 bits per heavy atom. The van der Waals surface area contributed by atoms with E-state index in [4.69, 9.17) is 28.8 Å². The normalized spacial score (nSPS) is 11.0. The van der Waals surface area contributed by atoms with Crippen LogP contribution in [0.5, 0.6) is 0 Å². The summed E-state index contributed by atoms with van der Waals surface area (Å²) in [6.45, 7) is 2.53. The number of amides is 1. The van der Waals surface area contributed by atoms with Crippen LogP contribution in [0.2, 0.25) is 5.02 Å². The van der Waals surface area contributed by atoms with Gasteiger partial charge in [0.1, 0.15) is 0 Å². The van der Waals surface area contributed by atoms with Gasteiger partial charge in [-0.3, -0.25) is 4.79 Å². The standard InChI is InChI=1S/C12H17ClN6O/c1-2-5-17-10(20)8-6-7(3-4-9(8)13)18-12(16)19-11(14)15/h3-4,6H,2,5H2,1H3,(H,17,20)(H6,14,15,16,18,19). The highest BCUT2D eigenvalue weighted by Crippen LogP contribution is 2.22. The molecule has 7 N–H and O–H groups in total. The maximum atomic E-state index is 11.9. The second kappa shape index (κ2) is 7.34. The summed E-state index contributed by atoms with van der Waals surface area (Å²) in [7, 11) is 0. The van der Waals surface area contributed by atoms with Gasteiger partial charge in [0.25, 0.3) is 5.91 Å². The van der Waals surface area contributed by atoms with Gasteiger partial charge in [-0.1, -0.05) is 18.5 Å². The fourth-order valence-corrected chi connectivity index (χ4v) is 1.58. The molecule has 0 saturated carbocycles. The Morgan fingerprint density at radius 3 is 2.65 bits per heavy atom. The van der Waals surface area contributed by atoms with Crippen molar-refractivity contribution in [3.8, 4) is 0 Å². The van der Waals surface area contributed by atoms with Gasteiger partial charge in [-0.05, 0) is 24.6 Å². The van der Waals surface area contributed by atoms with Gasteiger partial charge in [0.2, 0.25) is 5.96 Å². The summed E-state index contributed by atoms with van der Waals surface area (Å²) in [5.41, 5.74) is 16.6. The van der Waals surface area contributed by atoms with Crippen LogP contribution in [-0.2, 0) is 0 Å². The number of nitrogens with two attached hydrogens (primary N) is 3. The monoisotopic (exact) mass is 296 g/mol. The van der Waals surface area contributed by atoms with Crippen LogP contribution in [0.4, 0.5) is 5.69 Å². The van der Waals surface area contributed by atoms with Crippen molar-refractivity contribution in [2.45, 2.75) is 13.3 Å². The molecule has 0 atom stereocenters. The maximum absolute atomic E-state index is 11.9. The van der Waals surface area contributed by atoms with Gasteiger partial charge in [-0.25, -0.2) is 4.99 Å². The lowest BCUT2D eigenvalue weighted by molar-refractivity contribution is 0.0954. The number of rotatable bonds is 4. The SMILES string of the molecule is CCCNC(=O)c1cc(N=C(N)N=C(N)N)ccc1Cl. The van der Waals surface area contributed by atoms with Crippen molar-refractivity contribution < 1.29 is 4.79 Å². The summed E-state index contributed by atoms with van der Waals surface area (Å²) in [6.07, 6.45) is 0.832. The predicted molar refractivity (Wildman–Crippen MR) is 81.2 cm³/mol. The Hall–Kier alpha value is -2.28. The molecule has 20 heavy (non-hydrogen) atoms. The van der Waals surface area contributed by atoms with Crippen LogP contribution in [0.25, 0.3) is 0 Å². The first-order valence-corrected chi connectivity index (χ1v) is 6.33. The van der Waals surface area contributed by atoms with Crippen LogP contribution < -0.4 is 22.5 Å². The van der Waals surface area contributed by atoms with Gasteiger partial charge in [-0.15, -0.1) is 0 Å². The zero-order valence-electron chi connectivity index (χ0n) is 11.1. The van der Waals surface area contributed by atoms with Crippen molar-refractivity contribution in [3.63, 3.8) is 0 Å². The first kappa shape index (κ1) is 15.8. The third-order valence-electron chi connectivity index (χ3n) is 2.22. The molecule has 0 aliphatic rings. The number of nitrogens with zero attached hydrogens (tertiary/aromatic N) is 2. The molecule has 0 aliphatic heterocycles.